The fraction of sp³-hybridized carbons (Fsp3) is 0.0714. The van der Waals surface area contributed by atoms with Gasteiger partial charge in [0, 0.05) is 0 Å². The molecule has 0 fully saturated rings. The van der Waals surface area contributed by atoms with Crippen LogP contribution >= 0.6 is 0 Å². The average Bonchev–Trinajstić information content (AvgIpc) is 2.45. The summed E-state index contributed by atoms with van der Waals surface area (Å²) >= 11 is 0. The molecule has 0 amide bonds. The molecule has 2 rings (SSSR count). The zero-order valence-corrected chi connectivity index (χ0v) is 11.3. The molecular weight excluding hydrogens is 276 g/mol. The number of hydrogen-bond donors (Lipinski definition) is 1. The van der Waals surface area contributed by atoms with Gasteiger partial charge >= 0.3 is 0 Å². The summed E-state index contributed by atoms with van der Waals surface area (Å²) in [5.41, 5.74) is 1.51. The Labute approximate surface area is 117 Å². The maximum atomic E-state index is 11.1. The van der Waals surface area contributed by atoms with Crippen molar-refractivity contribution in [1.29, 1.82) is 5.26 Å². The van der Waals surface area contributed by atoms with E-state index in [-0.39, 0.29) is 4.90 Å². The third kappa shape index (κ3) is 3.57. The second-order valence-corrected chi connectivity index (χ2v) is 5.68. The van der Waals surface area contributed by atoms with Gasteiger partial charge in [-0.15, -0.1) is 0 Å². The minimum atomic E-state index is -3.68. The monoisotopic (exact) mass is 288 g/mol. The lowest BCUT2D eigenvalue weighted by molar-refractivity contribution is 0.306. The van der Waals surface area contributed by atoms with Crippen LogP contribution in [-0.2, 0) is 16.6 Å². The molecule has 0 aliphatic rings. The summed E-state index contributed by atoms with van der Waals surface area (Å²) in [6.45, 7) is 0.334. The summed E-state index contributed by atoms with van der Waals surface area (Å²) in [7, 11) is -3.68. The highest BCUT2D eigenvalue weighted by atomic mass is 32.2. The molecule has 0 spiro atoms. The molecule has 102 valence electrons. The molecule has 0 unspecified atom stereocenters. The lowest BCUT2D eigenvalue weighted by Gasteiger charge is -2.07. The van der Waals surface area contributed by atoms with E-state index in [4.69, 9.17) is 15.1 Å². The SMILES string of the molecule is N#Cc1ccc(COc2ccc(S(N)(=O)=O)cc2)cc1. The third-order valence-electron chi connectivity index (χ3n) is 2.64. The molecule has 0 aliphatic heterocycles. The second-order valence-electron chi connectivity index (χ2n) is 4.11. The van der Waals surface area contributed by atoms with Crippen molar-refractivity contribution < 1.29 is 13.2 Å². The van der Waals surface area contributed by atoms with Crippen molar-refractivity contribution >= 4 is 10.0 Å². The molecule has 0 aliphatic carbocycles. The Morgan fingerprint density at radius 3 is 2.15 bits per heavy atom. The summed E-state index contributed by atoms with van der Waals surface area (Å²) in [5, 5.41) is 13.7. The lowest BCUT2D eigenvalue weighted by atomic mass is 10.2. The molecule has 0 radical (unpaired) electrons. The van der Waals surface area contributed by atoms with Crippen molar-refractivity contribution in [3.63, 3.8) is 0 Å². The van der Waals surface area contributed by atoms with Gasteiger partial charge in [-0.1, -0.05) is 12.1 Å². The highest BCUT2D eigenvalue weighted by molar-refractivity contribution is 7.89. The number of benzene rings is 2. The minimum Gasteiger partial charge on any atom is -0.489 e. The molecule has 6 heteroatoms. The van der Waals surface area contributed by atoms with Gasteiger partial charge in [0.05, 0.1) is 16.5 Å². The molecule has 20 heavy (non-hydrogen) atoms. The first kappa shape index (κ1) is 14.1. The van der Waals surface area contributed by atoms with Crippen LogP contribution in [0.5, 0.6) is 5.75 Å². The molecule has 0 saturated heterocycles. The van der Waals surface area contributed by atoms with E-state index in [0.29, 0.717) is 17.9 Å². The van der Waals surface area contributed by atoms with Crippen molar-refractivity contribution in [3.8, 4) is 11.8 Å². The van der Waals surface area contributed by atoms with Crippen molar-refractivity contribution in [2.24, 2.45) is 5.14 Å². The fourth-order valence-corrected chi connectivity index (χ4v) is 2.08. The number of sulfonamides is 1. The van der Waals surface area contributed by atoms with E-state index in [1.807, 2.05) is 6.07 Å². The minimum absolute atomic E-state index is 0.0447. The molecule has 2 N–H and O–H groups in total. The number of ether oxygens (including phenoxy) is 1. The number of nitrogens with zero attached hydrogens (tertiary/aromatic N) is 1. The molecule has 0 atom stereocenters. The van der Waals surface area contributed by atoms with Crippen LogP contribution < -0.4 is 9.88 Å². The first-order valence-corrected chi connectivity index (χ1v) is 7.28. The van der Waals surface area contributed by atoms with E-state index in [0.717, 1.165) is 5.56 Å². The first-order valence-electron chi connectivity index (χ1n) is 5.74. The van der Waals surface area contributed by atoms with Crippen LogP contribution in [-0.4, -0.2) is 8.42 Å². The maximum absolute atomic E-state index is 11.1. The Bertz CT molecular complexity index is 729. The van der Waals surface area contributed by atoms with Crippen LogP contribution in [0.1, 0.15) is 11.1 Å². The topological polar surface area (TPSA) is 93.2 Å². The first-order chi connectivity index (χ1) is 9.49. The lowest BCUT2D eigenvalue weighted by Crippen LogP contribution is -2.11. The zero-order chi connectivity index (χ0) is 14.6. The highest BCUT2D eigenvalue weighted by Gasteiger charge is 2.06. The fourth-order valence-electron chi connectivity index (χ4n) is 1.57. The number of rotatable bonds is 4. The molecule has 5 nitrogen and oxygen atoms in total. The molecule has 0 saturated carbocycles. The van der Waals surface area contributed by atoms with Crippen molar-refractivity contribution in [2.45, 2.75) is 11.5 Å². The summed E-state index contributed by atoms with van der Waals surface area (Å²) < 4.78 is 27.7. The van der Waals surface area contributed by atoms with Crippen LogP contribution in [0.2, 0.25) is 0 Å². The summed E-state index contributed by atoms with van der Waals surface area (Å²) in [5.74, 6) is 0.543. The predicted molar refractivity (Wildman–Crippen MR) is 73.3 cm³/mol. The average molecular weight is 288 g/mol. The van der Waals surface area contributed by atoms with E-state index in [2.05, 4.69) is 0 Å². The number of nitrogens with two attached hydrogens (primary N) is 1. The van der Waals surface area contributed by atoms with Gasteiger partial charge in [-0.05, 0) is 42.0 Å². The third-order valence-corrected chi connectivity index (χ3v) is 3.57. The summed E-state index contributed by atoms with van der Waals surface area (Å²) in [4.78, 5) is 0.0447. The largest absolute Gasteiger partial charge is 0.489 e. The van der Waals surface area contributed by atoms with Crippen molar-refractivity contribution in [3.05, 3.63) is 59.7 Å². The van der Waals surface area contributed by atoms with E-state index >= 15 is 0 Å². The normalized spacial score (nSPS) is 10.8. The van der Waals surface area contributed by atoms with Crippen LogP contribution in [0, 0.1) is 11.3 Å². The standard InChI is InChI=1S/C14H12N2O3S/c15-9-11-1-3-12(4-2-11)10-19-13-5-7-14(8-6-13)20(16,17)18/h1-8H,10H2,(H2,16,17,18). The van der Waals surface area contributed by atoms with Gasteiger partial charge in [-0.2, -0.15) is 5.26 Å². The van der Waals surface area contributed by atoms with Crippen molar-refractivity contribution in [2.75, 3.05) is 0 Å². The van der Waals surface area contributed by atoms with Crippen LogP contribution in [0.15, 0.2) is 53.4 Å². The highest BCUT2D eigenvalue weighted by Crippen LogP contribution is 2.16. The molecular formula is C14H12N2O3S. The van der Waals surface area contributed by atoms with Gasteiger partial charge in [-0.3, -0.25) is 0 Å². The maximum Gasteiger partial charge on any atom is 0.238 e. The Morgan fingerprint density at radius 1 is 1.05 bits per heavy atom. The van der Waals surface area contributed by atoms with Gasteiger partial charge in [0.1, 0.15) is 12.4 Å². The molecule has 2 aromatic carbocycles. The van der Waals surface area contributed by atoms with Crippen molar-refractivity contribution in [1.82, 2.24) is 0 Å². The van der Waals surface area contributed by atoms with E-state index in [1.165, 1.54) is 12.1 Å². The Kier molecular flexibility index (Phi) is 4.03. The van der Waals surface area contributed by atoms with E-state index in [9.17, 15) is 8.42 Å². The second kappa shape index (κ2) is 5.74. The van der Waals surface area contributed by atoms with Gasteiger partial charge in [0.2, 0.25) is 10.0 Å². The van der Waals surface area contributed by atoms with Crippen LogP contribution in [0.4, 0.5) is 0 Å². The number of hydrogen-bond acceptors (Lipinski definition) is 4. The Balaban J connectivity index is 2.02. The van der Waals surface area contributed by atoms with Gasteiger partial charge < -0.3 is 4.74 Å². The zero-order valence-electron chi connectivity index (χ0n) is 10.5. The van der Waals surface area contributed by atoms with E-state index in [1.54, 1.807) is 36.4 Å². The molecule has 0 heterocycles. The van der Waals surface area contributed by atoms with Crippen LogP contribution in [0.25, 0.3) is 0 Å². The molecule has 0 aromatic heterocycles. The van der Waals surface area contributed by atoms with Gasteiger partial charge in [0.15, 0.2) is 0 Å². The van der Waals surface area contributed by atoms with E-state index < -0.39 is 10.0 Å². The number of nitriles is 1. The quantitative estimate of drug-likeness (QED) is 0.928. The smallest absolute Gasteiger partial charge is 0.238 e. The summed E-state index contributed by atoms with van der Waals surface area (Å²) in [6.07, 6.45) is 0. The summed E-state index contributed by atoms with van der Waals surface area (Å²) in [6, 6.07) is 14.9. The van der Waals surface area contributed by atoms with Gasteiger partial charge in [0.25, 0.3) is 0 Å². The van der Waals surface area contributed by atoms with Gasteiger partial charge in [-0.25, -0.2) is 13.6 Å². The van der Waals surface area contributed by atoms with Crippen LogP contribution in [0.3, 0.4) is 0 Å². The Hall–Kier alpha value is -2.36. The predicted octanol–water partition coefficient (Wildman–Crippen LogP) is 1.78. The molecule has 2 aromatic rings. The Morgan fingerprint density at radius 2 is 1.65 bits per heavy atom. The number of primary sulfonamides is 1. The molecule has 0 bridgehead atoms.